The number of fused-ring (bicyclic) bond motifs is 1. The highest BCUT2D eigenvalue weighted by atomic mass is 16.6. The number of nitrogens with zero attached hydrogens (tertiary/aromatic N) is 1. The van der Waals surface area contributed by atoms with Crippen molar-refractivity contribution in [2.24, 2.45) is 0 Å². The molecular formula is C19H15NO7. The number of non-ortho nitro benzene ring substituents is 1. The fourth-order valence-electron chi connectivity index (χ4n) is 3.00. The van der Waals surface area contributed by atoms with Gasteiger partial charge in [0.05, 0.1) is 15.9 Å². The number of nitro groups is 1. The predicted octanol–water partition coefficient (Wildman–Crippen LogP) is 3.22. The molecule has 3 rings (SSSR count). The van der Waals surface area contributed by atoms with Crippen LogP contribution in [0.25, 0.3) is 11.0 Å². The molecule has 8 nitrogen and oxygen atoms in total. The number of carbonyl (C=O) groups excluding carboxylic acids is 1. The summed E-state index contributed by atoms with van der Waals surface area (Å²) in [6.45, 7) is 1.34. The summed E-state index contributed by atoms with van der Waals surface area (Å²) in [6.07, 6.45) is -0.111. The van der Waals surface area contributed by atoms with Gasteiger partial charge in [-0.05, 0) is 30.7 Å². The summed E-state index contributed by atoms with van der Waals surface area (Å²) in [7, 11) is 0. The molecule has 0 fully saturated rings. The lowest BCUT2D eigenvalue weighted by atomic mass is 9.87. The Morgan fingerprint density at radius 3 is 2.44 bits per heavy atom. The van der Waals surface area contributed by atoms with Gasteiger partial charge < -0.3 is 14.6 Å². The first-order chi connectivity index (χ1) is 12.8. The molecule has 0 spiro atoms. The summed E-state index contributed by atoms with van der Waals surface area (Å²) in [5.74, 6) is -1.63. The Kier molecular flexibility index (Phi) is 4.64. The third-order valence-corrected chi connectivity index (χ3v) is 4.24. The molecule has 0 aliphatic heterocycles. The first-order valence-corrected chi connectivity index (χ1v) is 8.00. The van der Waals surface area contributed by atoms with Gasteiger partial charge in [-0.1, -0.05) is 12.1 Å². The highest BCUT2D eigenvalue weighted by Crippen LogP contribution is 2.37. The van der Waals surface area contributed by atoms with Crippen molar-refractivity contribution < 1.29 is 24.3 Å². The SMILES string of the molecule is CC(=O)CC(c1ccc([N+](=O)[O-])cc1)c1c(O)c2cc(O)ccc2oc1=O. The Morgan fingerprint density at radius 2 is 1.85 bits per heavy atom. The van der Waals surface area contributed by atoms with Crippen molar-refractivity contribution in [3.63, 3.8) is 0 Å². The lowest BCUT2D eigenvalue weighted by Gasteiger charge is -2.17. The molecule has 2 aromatic carbocycles. The molecule has 1 heterocycles. The third-order valence-electron chi connectivity index (χ3n) is 4.24. The first-order valence-electron chi connectivity index (χ1n) is 8.00. The highest BCUT2D eigenvalue weighted by molar-refractivity contribution is 5.86. The van der Waals surface area contributed by atoms with E-state index in [1.807, 2.05) is 0 Å². The molecule has 0 saturated carbocycles. The number of nitro benzene ring substituents is 1. The number of rotatable bonds is 5. The second-order valence-electron chi connectivity index (χ2n) is 6.14. The summed E-state index contributed by atoms with van der Waals surface area (Å²) in [4.78, 5) is 34.5. The molecule has 27 heavy (non-hydrogen) atoms. The van der Waals surface area contributed by atoms with Gasteiger partial charge in [-0.15, -0.1) is 0 Å². The van der Waals surface area contributed by atoms with E-state index >= 15 is 0 Å². The van der Waals surface area contributed by atoms with Crippen molar-refractivity contribution in [1.82, 2.24) is 0 Å². The predicted molar refractivity (Wildman–Crippen MR) is 96.1 cm³/mol. The molecule has 0 aliphatic carbocycles. The van der Waals surface area contributed by atoms with Crippen LogP contribution in [0.5, 0.6) is 11.5 Å². The van der Waals surface area contributed by atoms with Crippen LogP contribution in [0.1, 0.15) is 30.4 Å². The summed E-state index contributed by atoms with van der Waals surface area (Å²) < 4.78 is 5.23. The van der Waals surface area contributed by atoms with Gasteiger partial charge in [0, 0.05) is 24.5 Å². The number of Topliss-reactive ketones (excluding diaryl/α,β-unsaturated/α-hetero) is 1. The Labute approximate surface area is 152 Å². The minimum absolute atomic E-state index is 0.0873. The number of phenols is 1. The molecule has 0 saturated heterocycles. The molecule has 1 unspecified atom stereocenters. The summed E-state index contributed by atoms with van der Waals surface area (Å²) in [6, 6.07) is 9.28. The fourth-order valence-corrected chi connectivity index (χ4v) is 3.00. The van der Waals surface area contributed by atoms with Crippen molar-refractivity contribution in [3.05, 3.63) is 74.1 Å². The maximum absolute atomic E-state index is 12.5. The number of carbonyl (C=O) groups is 1. The minimum Gasteiger partial charge on any atom is -0.508 e. The van der Waals surface area contributed by atoms with Gasteiger partial charge >= 0.3 is 5.63 Å². The molecular weight excluding hydrogens is 354 g/mol. The van der Waals surface area contributed by atoms with Crippen LogP contribution >= 0.6 is 0 Å². The van der Waals surface area contributed by atoms with Crippen molar-refractivity contribution in [3.8, 4) is 11.5 Å². The van der Waals surface area contributed by atoms with Crippen LogP contribution in [0.15, 0.2) is 51.7 Å². The van der Waals surface area contributed by atoms with E-state index in [0.29, 0.717) is 5.56 Å². The van der Waals surface area contributed by atoms with Crippen LogP contribution in [0.4, 0.5) is 5.69 Å². The number of hydrogen-bond acceptors (Lipinski definition) is 7. The van der Waals surface area contributed by atoms with Crippen molar-refractivity contribution in [1.29, 1.82) is 0 Å². The fraction of sp³-hybridized carbons (Fsp3) is 0.158. The van der Waals surface area contributed by atoms with Crippen LogP contribution < -0.4 is 5.63 Å². The average molecular weight is 369 g/mol. The van der Waals surface area contributed by atoms with Gasteiger partial charge in [-0.2, -0.15) is 0 Å². The zero-order chi connectivity index (χ0) is 19.7. The number of ketones is 1. The molecule has 1 atom stereocenters. The van der Waals surface area contributed by atoms with Gasteiger partial charge in [0.25, 0.3) is 5.69 Å². The quantitative estimate of drug-likeness (QED) is 0.401. The summed E-state index contributed by atoms with van der Waals surface area (Å²) in [5, 5.41) is 31.3. The standard InChI is InChI=1S/C19H15NO7/c1-10(21)8-14(11-2-4-12(5-3-11)20(25)26)17-18(23)15-9-13(22)6-7-16(15)27-19(17)24/h2-7,9,14,22-23H,8H2,1H3. The van der Waals surface area contributed by atoms with E-state index in [-0.39, 0.29) is 40.2 Å². The molecule has 0 aliphatic rings. The Balaban J connectivity index is 2.22. The average Bonchev–Trinajstić information content (AvgIpc) is 2.61. The van der Waals surface area contributed by atoms with Crippen LogP contribution in [0.2, 0.25) is 0 Å². The number of hydrogen-bond donors (Lipinski definition) is 2. The minimum atomic E-state index is -0.855. The Hall–Kier alpha value is -3.68. The highest BCUT2D eigenvalue weighted by Gasteiger charge is 2.26. The van der Waals surface area contributed by atoms with Crippen molar-refractivity contribution in [2.45, 2.75) is 19.3 Å². The monoisotopic (exact) mass is 369 g/mol. The maximum Gasteiger partial charge on any atom is 0.343 e. The normalized spacial score (nSPS) is 12.0. The zero-order valence-corrected chi connectivity index (χ0v) is 14.2. The molecule has 1 aromatic heterocycles. The largest absolute Gasteiger partial charge is 0.508 e. The van der Waals surface area contributed by atoms with E-state index in [9.17, 15) is 29.9 Å². The molecule has 0 amide bonds. The van der Waals surface area contributed by atoms with Gasteiger partial charge in [0.2, 0.25) is 0 Å². The summed E-state index contributed by atoms with van der Waals surface area (Å²) in [5.41, 5.74) is -0.574. The molecule has 138 valence electrons. The van der Waals surface area contributed by atoms with E-state index < -0.39 is 22.2 Å². The van der Waals surface area contributed by atoms with Crippen molar-refractivity contribution in [2.75, 3.05) is 0 Å². The first kappa shape index (κ1) is 18.1. The topological polar surface area (TPSA) is 131 Å². The number of benzene rings is 2. The Morgan fingerprint density at radius 1 is 1.19 bits per heavy atom. The van der Waals surface area contributed by atoms with E-state index in [2.05, 4.69) is 0 Å². The maximum atomic E-state index is 12.5. The summed E-state index contributed by atoms with van der Waals surface area (Å²) >= 11 is 0. The zero-order valence-electron chi connectivity index (χ0n) is 14.2. The van der Waals surface area contributed by atoms with E-state index in [1.165, 1.54) is 49.4 Å². The lowest BCUT2D eigenvalue weighted by Crippen LogP contribution is -2.16. The third kappa shape index (κ3) is 3.50. The molecule has 8 heteroatoms. The van der Waals surface area contributed by atoms with Gasteiger partial charge in [-0.3, -0.25) is 14.9 Å². The lowest BCUT2D eigenvalue weighted by molar-refractivity contribution is -0.384. The van der Waals surface area contributed by atoms with Gasteiger partial charge in [-0.25, -0.2) is 4.79 Å². The van der Waals surface area contributed by atoms with Crippen LogP contribution in [-0.4, -0.2) is 20.9 Å². The Bertz CT molecular complexity index is 1100. The second-order valence-corrected chi connectivity index (χ2v) is 6.14. The van der Waals surface area contributed by atoms with E-state index in [4.69, 9.17) is 4.42 Å². The molecule has 3 aromatic rings. The second kappa shape index (κ2) is 6.91. The number of phenolic OH excluding ortho intramolecular Hbond substituents is 1. The van der Waals surface area contributed by atoms with Crippen molar-refractivity contribution >= 4 is 22.4 Å². The number of aromatic hydroxyl groups is 2. The van der Waals surface area contributed by atoms with Gasteiger partial charge in [0.1, 0.15) is 22.9 Å². The van der Waals surface area contributed by atoms with E-state index in [0.717, 1.165) is 0 Å². The van der Waals surface area contributed by atoms with Crippen LogP contribution in [-0.2, 0) is 4.79 Å². The smallest absolute Gasteiger partial charge is 0.343 e. The van der Waals surface area contributed by atoms with Gasteiger partial charge in [0.15, 0.2) is 0 Å². The molecule has 2 N–H and O–H groups in total. The van der Waals surface area contributed by atoms with Crippen LogP contribution in [0.3, 0.4) is 0 Å². The molecule has 0 bridgehead atoms. The molecule has 0 radical (unpaired) electrons. The van der Waals surface area contributed by atoms with Crippen LogP contribution in [0, 0.1) is 10.1 Å². The van der Waals surface area contributed by atoms with E-state index in [1.54, 1.807) is 0 Å².